The standard InChI is InChI=1S/C27H25N3O4/c1-19-8-12-21(13-9-19)24-17-25(30(29-24)22-6-4-3-5-7-22)28-26(31)18-34-27(32)16-20-10-14-23(33-2)15-11-20/h3-15,17H,16,18H2,1-2H3,(H,28,31). The van der Waals surface area contributed by atoms with Crippen molar-refractivity contribution >= 4 is 17.7 Å². The number of carbonyl (C=O) groups is 2. The summed E-state index contributed by atoms with van der Waals surface area (Å²) >= 11 is 0. The van der Waals surface area contributed by atoms with Gasteiger partial charge in [0.2, 0.25) is 0 Å². The van der Waals surface area contributed by atoms with Crippen LogP contribution in [0, 0.1) is 6.92 Å². The number of methoxy groups -OCH3 is 1. The Kier molecular flexibility index (Phi) is 7.03. The van der Waals surface area contributed by atoms with Crippen molar-refractivity contribution in [3.05, 3.63) is 96.1 Å². The second-order valence-corrected chi connectivity index (χ2v) is 7.76. The number of hydrogen-bond donors (Lipinski definition) is 1. The lowest BCUT2D eigenvalue weighted by molar-refractivity contribution is -0.146. The number of esters is 1. The smallest absolute Gasteiger partial charge is 0.310 e. The molecule has 3 aromatic carbocycles. The summed E-state index contributed by atoms with van der Waals surface area (Å²) in [5.74, 6) is 0.252. The number of ether oxygens (including phenoxy) is 2. The van der Waals surface area contributed by atoms with Crippen LogP contribution in [0.5, 0.6) is 5.75 Å². The minimum absolute atomic E-state index is 0.0663. The van der Waals surface area contributed by atoms with Crippen molar-refractivity contribution in [2.24, 2.45) is 0 Å². The van der Waals surface area contributed by atoms with Crippen LogP contribution in [0.1, 0.15) is 11.1 Å². The lowest BCUT2D eigenvalue weighted by atomic mass is 10.1. The van der Waals surface area contributed by atoms with E-state index in [1.807, 2.05) is 61.5 Å². The molecule has 4 aromatic rings. The van der Waals surface area contributed by atoms with Gasteiger partial charge in [-0.05, 0) is 36.8 Å². The molecule has 0 aliphatic heterocycles. The lowest BCUT2D eigenvalue weighted by Gasteiger charge is -2.09. The fraction of sp³-hybridized carbons (Fsp3) is 0.148. The summed E-state index contributed by atoms with van der Waals surface area (Å²) in [6, 6.07) is 26.4. The van der Waals surface area contributed by atoms with E-state index < -0.39 is 18.5 Å². The number of aryl methyl sites for hydroxylation is 1. The highest BCUT2D eigenvalue weighted by atomic mass is 16.5. The monoisotopic (exact) mass is 455 g/mol. The highest BCUT2D eigenvalue weighted by Crippen LogP contribution is 2.25. The number of carbonyl (C=O) groups excluding carboxylic acids is 2. The fourth-order valence-corrected chi connectivity index (χ4v) is 3.39. The molecular formula is C27H25N3O4. The van der Waals surface area contributed by atoms with Gasteiger partial charge in [0.05, 0.1) is 24.9 Å². The number of aromatic nitrogens is 2. The molecule has 0 aliphatic carbocycles. The van der Waals surface area contributed by atoms with E-state index in [4.69, 9.17) is 9.47 Å². The molecule has 0 bridgehead atoms. The highest BCUT2D eigenvalue weighted by Gasteiger charge is 2.15. The minimum Gasteiger partial charge on any atom is -0.497 e. The van der Waals surface area contributed by atoms with E-state index >= 15 is 0 Å². The maximum Gasteiger partial charge on any atom is 0.310 e. The Hall–Kier alpha value is -4.39. The second kappa shape index (κ2) is 10.5. The van der Waals surface area contributed by atoms with Gasteiger partial charge in [-0.3, -0.25) is 9.59 Å². The van der Waals surface area contributed by atoms with Crippen LogP contribution in [-0.2, 0) is 20.7 Å². The first-order valence-corrected chi connectivity index (χ1v) is 10.8. The SMILES string of the molecule is COc1ccc(CC(=O)OCC(=O)Nc2cc(-c3ccc(C)cc3)nn2-c2ccccc2)cc1. The van der Waals surface area contributed by atoms with Crippen LogP contribution in [-0.4, -0.2) is 35.4 Å². The van der Waals surface area contributed by atoms with E-state index in [1.165, 1.54) is 0 Å². The van der Waals surface area contributed by atoms with Gasteiger partial charge in [-0.2, -0.15) is 5.10 Å². The number of rotatable bonds is 8. The van der Waals surface area contributed by atoms with Gasteiger partial charge in [-0.15, -0.1) is 0 Å². The normalized spacial score (nSPS) is 10.5. The first-order chi connectivity index (χ1) is 16.5. The largest absolute Gasteiger partial charge is 0.497 e. The van der Waals surface area contributed by atoms with E-state index in [1.54, 1.807) is 42.1 Å². The van der Waals surface area contributed by atoms with E-state index in [2.05, 4.69) is 10.4 Å². The van der Waals surface area contributed by atoms with Gasteiger partial charge >= 0.3 is 5.97 Å². The van der Waals surface area contributed by atoms with Crippen molar-refractivity contribution in [2.75, 3.05) is 19.0 Å². The molecule has 4 rings (SSSR count). The third-order valence-corrected chi connectivity index (χ3v) is 5.20. The molecule has 1 amide bonds. The van der Waals surface area contributed by atoms with E-state index in [0.717, 1.165) is 28.1 Å². The third kappa shape index (κ3) is 5.69. The molecule has 1 aromatic heterocycles. The Morgan fingerprint density at radius 2 is 1.65 bits per heavy atom. The maximum absolute atomic E-state index is 12.6. The van der Waals surface area contributed by atoms with Gasteiger partial charge < -0.3 is 14.8 Å². The first kappa shape index (κ1) is 22.8. The van der Waals surface area contributed by atoms with Gasteiger partial charge in [-0.25, -0.2) is 4.68 Å². The van der Waals surface area contributed by atoms with E-state index in [9.17, 15) is 9.59 Å². The van der Waals surface area contributed by atoms with Gasteiger partial charge in [0, 0.05) is 11.6 Å². The predicted molar refractivity (Wildman–Crippen MR) is 130 cm³/mol. The van der Waals surface area contributed by atoms with Crippen LogP contribution in [0.15, 0.2) is 84.9 Å². The summed E-state index contributed by atoms with van der Waals surface area (Å²) in [6.07, 6.45) is 0.0663. The number of hydrogen-bond acceptors (Lipinski definition) is 5. The molecule has 0 fully saturated rings. The van der Waals surface area contributed by atoms with Crippen LogP contribution in [0.2, 0.25) is 0 Å². The van der Waals surface area contributed by atoms with Gasteiger partial charge in [0.25, 0.3) is 5.91 Å². The van der Waals surface area contributed by atoms with Gasteiger partial charge in [0.15, 0.2) is 6.61 Å². The second-order valence-electron chi connectivity index (χ2n) is 7.76. The van der Waals surface area contributed by atoms with Crippen molar-refractivity contribution in [1.82, 2.24) is 9.78 Å². The fourth-order valence-electron chi connectivity index (χ4n) is 3.39. The zero-order valence-corrected chi connectivity index (χ0v) is 19.0. The predicted octanol–water partition coefficient (Wildman–Crippen LogP) is 4.58. The average molecular weight is 456 g/mol. The summed E-state index contributed by atoms with van der Waals surface area (Å²) in [5.41, 5.74) is 4.37. The molecule has 172 valence electrons. The summed E-state index contributed by atoms with van der Waals surface area (Å²) in [4.78, 5) is 24.8. The van der Waals surface area contributed by atoms with Crippen LogP contribution in [0.3, 0.4) is 0 Å². The summed E-state index contributed by atoms with van der Waals surface area (Å²) in [5, 5.41) is 7.50. The molecular weight excluding hydrogens is 430 g/mol. The van der Waals surface area contributed by atoms with E-state index in [-0.39, 0.29) is 6.42 Å². The molecule has 0 radical (unpaired) electrons. The molecule has 0 saturated carbocycles. The van der Waals surface area contributed by atoms with Crippen molar-refractivity contribution in [1.29, 1.82) is 0 Å². The Balaban J connectivity index is 1.44. The zero-order chi connectivity index (χ0) is 23.9. The molecule has 0 spiro atoms. The highest BCUT2D eigenvalue weighted by molar-refractivity contribution is 5.93. The van der Waals surface area contributed by atoms with Gasteiger partial charge in [0.1, 0.15) is 11.6 Å². The molecule has 0 aliphatic rings. The molecule has 0 saturated heterocycles. The average Bonchev–Trinajstić information content (AvgIpc) is 3.28. The van der Waals surface area contributed by atoms with Crippen LogP contribution < -0.4 is 10.1 Å². The topological polar surface area (TPSA) is 82.4 Å². The third-order valence-electron chi connectivity index (χ3n) is 5.20. The van der Waals surface area contributed by atoms with Gasteiger partial charge in [-0.1, -0.05) is 60.2 Å². The summed E-state index contributed by atoms with van der Waals surface area (Å²) in [6.45, 7) is 1.63. The number of para-hydroxylation sites is 1. The van der Waals surface area contributed by atoms with Crippen LogP contribution in [0.4, 0.5) is 5.82 Å². The Morgan fingerprint density at radius 3 is 2.32 bits per heavy atom. The number of nitrogens with zero attached hydrogens (tertiary/aromatic N) is 2. The lowest BCUT2D eigenvalue weighted by Crippen LogP contribution is -2.23. The summed E-state index contributed by atoms with van der Waals surface area (Å²) in [7, 11) is 1.58. The van der Waals surface area contributed by atoms with Crippen molar-refractivity contribution < 1.29 is 19.1 Å². The van der Waals surface area contributed by atoms with Crippen LogP contribution in [0.25, 0.3) is 16.9 Å². The molecule has 0 atom stereocenters. The van der Waals surface area contributed by atoms with Crippen LogP contribution >= 0.6 is 0 Å². The Bertz CT molecular complexity index is 1260. The number of benzene rings is 3. The first-order valence-electron chi connectivity index (χ1n) is 10.8. The maximum atomic E-state index is 12.6. The Morgan fingerprint density at radius 1 is 0.941 bits per heavy atom. The molecule has 1 heterocycles. The quantitative estimate of drug-likeness (QED) is 0.393. The molecule has 1 N–H and O–H groups in total. The van der Waals surface area contributed by atoms with Crippen molar-refractivity contribution in [3.8, 4) is 22.7 Å². The number of amides is 1. The minimum atomic E-state index is -0.489. The number of nitrogens with one attached hydrogen (secondary N) is 1. The molecule has 0 unspecified atom stereocenters. The van der Waals surface area contributed by atoms with E-state index in [0.29, 0.717) is 11.6 Å². The van der Waals surface area contributed by atoms with Crippen molar-refractivity contribution in [3.63, 3.8) is 0 Å². The molecule has 7 heteroatoms. The number of anilines is 1. The van der Waals surface area contributed by atoms with Crippen molar-refractivity contribution in [2.45, 2.75) is 13.3 Å². The summed E-state index contributed by atoms with van der Waals surface area (Å²) < 4.78 is 11.9. The molecule has 7 nitrogen and oxygen atoms in total. The zero-order valence-electron chi connectivity index (χ0n) is 19.0. The Labute approximate surface area is 197 Å². The molecule has 34 heavy (non-hydrogen) atoms.